The summed E-state index contributed by atoms with van der Waals surface area (Å²) in [5, 5.41) is 6.63. The number of hydrogen-bond donors (Lipinski definition) is 2. The third-order valence-corrected chi connectivity index (χ3v) is 5.00. The highest BCUT2D eigenvalue weighted by Gasteiger charge is 2.19. The van der Waals surface area contributed by atoms with Crippen LogP contribution in [0.4, 0.5) is 0 Å². The first-order valence-corrected chi connectivity index (χ1v) is 10.9. The molecule has 0 aliphatic heterocycles. The van der Waals surface area contributed by atoms with Gasteiger partial charge in [0.2, 0.25) is 5.88 Å². The van der Waals surface area contributed by atoms with E-state index in [2.05, 4.69) is 34.5 Å². The zero-order chi connectivity index (χ0) is 20.7. The second-order valence-electron chi connectivity index (χ2n) is 7.58. The average Bonchev–Trinajstić information content (AvgIpc) is 2.73. The van der Waals surface area contributed by atoms with Crippen molar-refractivity contribution in [3.05, 3.63) is 23.9 Å². The molecule has 172 valence electrons. The maximum absolute atomic E-state index is 6.10. The van der Waals surface area contributed by atoms with Gasteiger partial charge in [0.1, 0.15) is 6.10 Å². The molecule has 1 heterocycles. The minimum absolute atomic E-state index is 0. The molecule has 0 bridgehead atoms. The minimum Gasteiger partial charge on any atom is -0.474 e. The van der Waals surface area contributed by atoms with E-state index < -0.39 is 0 Å². The van der Waals surface area contributed by atoms with Gasteiger partial charge in [0, 0.05) is 39.1 Å². The van der Waals surface area contributed by atoms with E-state index in [0.717, 1.165) is 49.8 Å². The molecule has 0 spiro atoms. The monoisotopic (exact) mass is 534 g/mol. The van der Waals surface area contributed by atoms with E-state index in [4.69, 9.17) is 14.2 Å². The van der Waals surface area contributed by atoms with Crippen LogP contribution in [0, 0.1) is 5.92 Å². The van der Waals surface area contributed by atoms with Gasteiger partial charge < -0.3 is 24.8 Å². The Kier molecular flexibility index (Phi) is 14.8. The maximum Gasteiger partial charge on any atom is 0.213 e. The van der Waals surface area contributed by atoms with Crippen LogP contribution in [-0.4, -0.2) is 57.1 Å². The molecule has 30 heavy (non-hydrogen) atoms. The number of ether oxygens (including phenoxy) is 3. The van der Waals surface area contributed by atoms with Crippen LogP contribution in [0.5, 0.6) is 5.88 Å². The molecular weight excluding hydrogens is 495 g/mol. The summed E-state index contributed by atoms with van der Waals surface area (Å²) in [6.07, 6.45) is 7.74. The Hall–Kier alpha value is -1.13. The predicted octanol–water partition coefficient (Wildman–Crippen LogP) is 3.77. The van der Waals surface area contributed by atoms with Crippen molar-refractivity contribution in [2.45, 2.75) is 58.6 Å². The number of rotatable bonds is 12. The lowest BCUT2D eigenvalue weighted by atomic mass is 9.89. The first kappa shape index (κ1) is 26.9. The summed E-state index contributed by atoms with van der Waals surface area (Å²) in [4.78, 5) is 9.06. The summed E-state index contributed by atoms with van der Waals surface area (Å²) < 4.78 is 16.5. The molecular formula is C22H39IN4O3. The van der Waals surface area contributed by atoms with Crippen molar-refractivity contribution in [3.8, 4) is 5.88 Å². The van der Waals surface area contributed by atoms with Crippen molar-refractivity contribution in [2.24, 2.45) is 10.9 Å². The lowest BCUT2D eigenvalue weighted by molar-refractivity contribution is 0.0698. The van der Waals surface area contributed by atoms with Crippen LogP contribution < -0.4 is 15.4 Å². The minimum atomic E-state index is 0. The van der Waals surface area contributed by atoms with Crippen LogP contribution in [0.15, 0.2) is 23.3 Å². The third kappa shape index (κ3) is 11.3. The van der Waals surface area contributed by atoms with Crippen LogP contribution in [-0.2, 0) is 16.0 Å². The molecule has 2 rings (SSSR count). The molecule has 0 unspecified atom stereocenters. The number of nitrogens with one attached hydrogen (secondary N) is 2. The molecule has 1 aromatic rings. The summed E-state index contributed by atoms with van der Waals surface area (Å²) >= 11 is 0. The fraction of sp³-hybridized carbons (Fsp3) is 0.727. The van der Waals surface area contributed by atoms with Crippen LogP contribution >= 0.6 is 24.0 Å². The Morgan fingerprint density at radius 1 is 1.17 bits per heavy atom. The van der Waals surface area contributed by atoms with Crippen molar-refractivity contribution < 1.29 is 14.2 Å². The summed E-state index contributed by atoms with van der Waals surface area (Å²) in [5.41, 5.74) is 1.10. The Balaban J connectivity index is 0.00000450. The van der Waals surface area contributed by atoms with Gasteiger partial charge in [0.15, 0.2) is 5.96 Å². The third-order valence-electron chi connectivity index (χ3n) is 5.00. The largest absolute Gasteiger partial charge is 0.474 e. The Morgan fingerprint density at radius 3 is 2.70 bits per heavy atom. The number of nitrogens with zero attached hydrogens (tertiary/aromatic N) is 2. The normalized spacial score (nSPS) is 19.1. The quantitative estimate of drug-likeness (QED) is 0.184. The zero-order valence-corrected chi connectivity index (χ0v) is 21.0. The fourth-order valence-electron chi connectivity index (χ4n) is 3.27. The topological polar surface area (TPSA) is 77.0 Å². The number of aromatic nitrogens is 1. The molecule has 1 aromatic heterocycles. The van der Waals surface area contributed by atoms with E-state index in [-0.39, 0.29) is 24.0 Å². The number of pyridine rings is 1. The lowest BCUT2D eigenvalue weighted by Crippen LogP contribution is -2.38. The Morgan fingerprint density at radius 2 is 1.97 bits per heavy atom. The first-order valence-electron chi connectivity index (χ1n) is 10.9. The van der Waals surface area contributed by atoms with E-state index in [1.54, 1.807) is 7.11 Å². The van der Waals surface area contributed by atoms with Gasteiger partial charge in [-0.3, -0.25) is 0 Å². The van der Waals surface area contributed by atoms with E-state index >= 15 is 0 Å². The van der Waals surface area contributed by atoms with Gasteiger partial charge >= 0.3 is 0 Å². The van der Waals surface area contributed by atoms with Gasteiger partial charge in [0.05, 0.1) is 19.8 Å². The summed E-state index contributed by atoms with van der Waals surface area (Å²) in [6.45, 7) is 8.57. The molecule has 8 heteroatoms. The van der Waals surface area contributed by atoms with Crippen molar-refractivity contribution in [1.82, 2.24) is 15.6 Å². The number of halogens is 1. The number of guanidine groups is 1. The van der Waals surface area contributed by atoms with Crippen LogP contribution in [0.1, 0.15) is 51.5 Å². The van der Waals surface area contributed by atoms with E-state index in [1.165, 1.54) is 12.8 Å². The first-order chi connectivity index (χ1) is 14.2. The lowest BCUT2D eigenvalue weighted by Gasteiger charge is -2.26. The average molecular weight is 534 g/mol. The highest BCUT2D eigenvalue weighted by atomic mass is 127. The molecule has 1 aliphatic carbocycles. The van der Waals surface area contributed by atoms with Gasteiger partial charge in [-0.2, -0.15) is 0 Å². The molecule has 7 nitrogen and oxygen atoms in total. The maximum atomic E-state index is 6.10. The predicted molar refractivity (Wildman–Crippen MR) is 132 cm³/mol. The summed E-state index contributed by atoms with van der Waals surface area (Å²) in [6, 6.07) is 4.00. The molecule has 1 saturated carbocycles. The van der Waals surface area contributed by atoms with Gasteiger partial charge in [-0.25, -0.2) is 9.98 Å². The van der Waals surface area contributed by atoms with Gasteiger partial charge in [-0.1, -0.05) is 6.92 Å². The Labute approximate surface area is 198 Å². The molecule has 2 N–H and O–H groups in total. The van der Waals surface area contributed by atoms with Crippen LogP contribution in [0.25, 0.3) is 0 Å². The van der Waals surface area contributed by atoms with Crippen LogP contribution in [0.2, 0.25) is 0 Å². The molecule has 0 amide bonds. The summed E-state index contributed by atoms with van der Waals surface area (Å²) in [5.74, 6) is 2.34. The van der Waals surface area contributed by atoms with Crippen LogP contribution in [0.3, 0.4) is 0 Å². The van der Waals surface area contributed by atoms with E-state index in [9.17, 15) is 0 Å². The molecule has 0 aromatic carbocycles. The van der Waals surface area contributed by atoms with Crippen molar-refractivity contribution in [3.63, 3.8) is 0 Å². The standard InChI is InChI=1S/C22H38N4O3.HI/c1-4-23-22(25-11-5-13-28-15-14-27-3)26-17-19-10-12-24-21(16-19)29-20-8-6-18(2)7-9-20;/h10,12,16,18,20H,4-9,11,13-15,17H2,1-3H3,(H2,23,25,26);1H. The highest BCUT2D eigenvalue weighted by molar-refractivity contribution is 14.0. The van der Waals surface area contributed by atoms with E-state index in [1.807, 2.05) is 18.3 Å². The second kappa shape index (κ2) is 16.5. The smallest absolute Gasteiger partial charge is 0.213 e. The molecule has 0 atom stereocenters. The van der Waals surface area contributed by atoms with E-state index in [0.29, 0.717) is 38.3 Å². The molecule has 0 saturated heterocycles. The van der Waals surface area contributed by atoms with Gasteiger partial charge in [-0.15, -0.1) is 24.0 Å². The SMILES string of the molecule is CCNC(=NCc1ccnc(OC2CCC(C)CC2)c1)NCCCOCCOC.I. The number of hydrogen-bond acceptors (Lipinski definition) is 5. The number of methoxy groups -OCH3 is 1. The van der Waals surface area contributed by atoms with Crippen molar-refractivity contribution in [1.29, 1.82) is 0 Å². The zero-order valence-electron chi connectivity index (χ0n) is 18.7. The van der Waals surface area contributed by atoms with Crippen molar-refractivity contribution in [2.75, 3.05) is 40.0 Å². The fourth-order valence-corrected chi connectivity index (χ4v) is 3.27. The highest BCUT2D eigenvalue weighted by Crippen LogP contribution is 2.26. The molecule has 1 aliphatic rings. The molecule has 1 fully saturated rings. The van der Waals surface area contributed by atoms with Crippen molar-refractivity contribution >= 4 is 29.9 Å². The second-order valence-corrected chi connectivity index (χ2v) is 7.58. The van der Waals surface area contributed by atoms with Gasteiger partial charge in [0.25, 0.3) is 0 Å². The van der Waals surface area contributed by atoms with Gasteiger partial charge in [-0.05, 0) is 56.6 Å². The number of aliphatic imine (C=N–C) groups is 1. The Bertz CT molecular complexity index is 596. The molecule has 0 radical (unpaired) electrons. The summed E-state index contributed by atoms with van der Waals surface area (Å²) in [7, 11) is 1.68.